The second kappa shape index (κ2) is 5.88. The lowest BCUT2D eigenvalue weighted by Gasteiger charge is -2.17. The Balaban J connectivity index is 1.64. The van der Waals surface area contributed by atoms with Gasteiger partial charge in [0, 0.05) is 31.9 Å². The first-order chi connectivity index (χ1) is 12.1. The standard InChI is InChI=1S/C19H20N4O2/c1-13-5-3-6-14(11-13)18(24)22-10-8-15(12-22)23-17-16(7-4-9-20-17)21(2)19(23)25/h3-7,9,11,15H,8,10,12H2,1-2H3/t15-/m0/s1. The fourth-order valence-electron chi connectivity index (χ4n) is 3.62. The number of pyridine rings is 1. The molecule has 3 heterocycles. The van der Waals surface area contributed by atoms with E-state index in [1.165, 1.54) is 0 Å². The third-order valence-electron chi connectivity index (χ3n) is 4.93. The van der Waals surface area contributed by atoms with Crippen LogP contribution >= 0.6 is 0 Å². The highest BCUT2D eigenvalue weighted by molar-refractivity contribution is 5.94. The van der Waals surface area contributed by atoms with Crippen molar-refractivity contribution in [2.75, 3.05) is 13.1 Å². The summed E-state index contributed by atoms with van der Waals surface area (Å²) in [4.78, 5) is 31.6. The molecular weight excluding hydrogens is 316 g/mol. The number of imidazole rings is 1. The Morgan fingerprint density at radius 2 is 2.08 bits per heavy atom. The van der Waals surface area contributed by atoms with Crippen LogP contribution in [0.4, 0.5) is 0 Å². The summed E-state index contributed by atoms with van der Waals surface area (Å²) in [6.45, 7) is 3.15. The summed E-state index contributed by atoms with van der Waals surface area (Å²) >= 11 is 0. The van der Waals surface area contributed by atoms with E-state index >= 15 is 0 Å². The van der Waals surface area contributed by atoms with Crippen LogP contribution in [0.2, 0.25) is 0 Å². The number of carbonyl (C=O) groups excluding carboxylic acids is 1. The summed E-state index contributed by atoms with van der Waals surface area (Å²) in [6, 6.07) is 11.3. The second-order valence-electron chi connectivity index (χ2n) is 6.62. The molecular formula is C19H20N4O2. The minimum absolute atomic E-state index is 0.0208. The maximum Gasteiger partial charge on any atom is 0.330 e. The SMILES string of the molecule is Cc1cccc(C(=O)N2CC[C@H](n3c(=O)n(C)c4cccnc43)C2)c1. The summed E-state index contributed by atoms with van der Waals surface area (Å²) in [5.41, 5.74) is 3.18. The van der Waals surface area contributed by atoms with Gasteiger partial charge >= 0.3 is 5.69 Å². The number of rotatable bonds is 2. The monoisotopic (exact) mass is 336 g/mol. The molecule has 6 nitrogen and oxygen atoms in total. The van der Waals surface area contributed by atoms with Crippen LogP contribution in [0.15, 0.2) is 47.4 Å². The van der Waals surface area contributed by atoms with Gasteiger partial charge in [0.2, 0.25) is 0 Å². The fourth-order valence-corrected chi connectivity index (χ4v) is 3.62. The lowest BCUT2D eigenvalue weighted by atomic mass is 10.1. The van der Waals surface area contributed by atoms with Crippen molar-refractivity contribution in [1.29, 1.82) is 0 Å². The summed E-state index contributed by atoms with van der Waals surface area (Å²) < 4.78 is 3.35. The molecule has 0 N–H and O–H groups in total. The van der Waals surface area contributed by atoms with Crippen LogP contribution in [0.5, 0.6) is 0 Å². The van der Waals surface area contributed by atoms with Gasteiger partial charge < -0.3 is 4.90 Å². The van der Waals surface area contributed by atoms with E-state index in [4.69, 9.17) is 0 Å². The number of fused-ring (bicyclic) bond motifs is 1. The van der Waals surface area contributed by atoms with Crippen molar-refractivity contribution in [3.8, 4) is 0 Å². The molecule has 128 valence electrons. The summed E-state index contributed by atoms with van der Waals surface area (Å²) in [5.74, 6) is 0.0208. The van der Waals surface area contributed by atoms with E-state index in [2.05, 4.69) is 4.98 Å². The third kappa shape index (κ3) is 2.54. The molecule has 0 saturated carbocycles. The van der Waals surface area contributed by atoms with Crippen molar-refractivity contribution in [2.45, 2.75) is 19.4 Å². The lowest BCUT2D eigenvalue weighted by molar-refractivity contribution is 0.0787. The van der Waals surface area contributed by atoms with Gasteiger partial charge in [-0.3, -0.25) is 13.9 Å². The summed E-state index contributed by atoms with van der Waals surface area (Å²) in [6.07, 6.45) is 2.45. The highest BCUT2D eigenvalue weighted by Crippen LogP contribution is 2.25. The maximum atomic E-state index is 12.7. The van der Waals surface area contributed by atoms with Crippen molar-refractivity contribution in [2.24, 2.45) is 7.05 Å². The van der Waals surface area contributed by atoms with E-state index < -0.39 is 0 Å². The zero-order chi connectivity index (χ0) is 17.6. The molecule has 1 aromatic carbocycles. The molecule has 0 aliphatic carbocycles. The van der Waals surface area contributed by atoms with Crippen LogP contribution in [0.3, 0.4) is 0 Å². The molecule has 1 aliphatic rings. The first-order valence-electron chi connectivity index (χ1n) is 8.44. The molecule has 3 aromatic rings. The number of carbonyl (C=O) groups is 1. The van der Waals surface area contributed by atoms with Gasteiger partial charge in [0.15, 0.2) is 5.65 Å². The molecule has 25 heavy (non-hydrogen) atoms. The highest BCUT2D eigenvalue weighted by atomic mass is 16.2. The molecule has 4 rings (SSSR count). The number of nitrogens with zero attached hydrogens (tertiary/aromatic N) is 4. The Morgan fingerprint density at radius 3 is 2.88 bits per heavy atom. The molecule has 1 saturated heterocycles. The molecule has 2 aromatic heterocycles. The zero-order valence-corrected chi connectivity index (χ0v) is 14.3. The summed E-state index contributed by atoms with van der Waals surface area (Å²) in [5, 5.41) is 0. The normalized spacial score (nSPS) is 17.4. The predicted molar refractivity (Wildman–Crippen MR) is 95.7 cm³/mol. The van der Waals surface area contributed by atoms with Crippen molar-refractivity contribution >= 4 is 17.1 Å². The van der Waals surface area contributed by atoms with E-state index in [1.807, 2.05) is 48.2 Å². The van der Waals surface area contributed by atoms with Gasteiger partial charge in [-0.15, -0.1) is 0 Å². The van der Waals surface area contributed by atoms with Gasteiger partial charge in [0.25, 0.3) is 5.91 Å². The van der Waals surface area contributed by atoms with Crippen LogP contribution < -0.4 is 5.69 Å². The molecule has 0 bridgehead atoms. The van der Waals surface area contributed by atoms with Gasteiger partial charge in [-0.1, -0.05) is 17.7 Å². The van der Waals surface area contributed by atoms with Crippen LogP contribution in [0, 0.1) is 6.92 Å². The minimum atomic E-state index is -0.0800. The molecule has 1 fully saturated rings. The van der Waals surface area contributed by atoms with Gasteiger partial charge in [-0.2, -0.15) is 0 Å². The highest BCUT2D eigenvalue weighted by Gasteiger charge is 2.31. The topological polar surface area (TPSA) is 60.1 Å². The van der Waals surface area contributed by atoms with Crippen LogP contribution in [0.1, 0.15) is 28.4 Å². The molecule has 1 atom stereocenters. The first kappa shape index (κ1) is 15.6. The van der Waals surface area contributed by atoms with Crippen LogP contribution in [-0.4, -0.2) is 38.0 Å². The number of hydrogen-bond donors (Lipinski definition) is 0. The number of likely N-dealkylation sites (tertiary alicyclic amines) is 1. The molecule has 0 spiro atoms. The largest absolute Gasteiger partial charge is 0.336 e. The number of benzene rings is 1. The molecule has 1 aliphatic heterocycles. The quantitative estimate of drug-likeness (QED) is 0.720. The average molecular weight is 336 g/mol. The van der Waals surface area contributed by atoms with Gasteiger partial charge in [-0.05, 0) is 37.6 Å². The zero-order valence-electron chi connectivity index (χ0n) is 14.3. The Kier molecular flexibility index (Phi) is 3.67. The van der Waals surface area contributed by atoms with Crippen molar-refractivity contribution in [3.05, 3.63) is 64.2 Å². The number of aromatic nitrogens is 3. The third-order valence-corrected chi connectivity index (χ3v) is 4.93. The average Bonchev–Trinajstić information content (AvgIpc) is 3.19. The van der Waals surface area contributed by atoms with Gasteiger partial charge in [0.05, 0.1) is 11.6 Å². The van der Waals surface area contributed by atoms with Crippen molar-refractivity contribution in [3.63, 3.8) is 0 Å². The molecule has 0 unspecified atom stereocenters. The Hall–Kier alpha value is -2.89. The minimum Gasteiger partial charge on any atom is -0.336 e. The Labute approximate surface area is 145 Å². The van der Waals surface area contributed by atoms with E-state index in [1.54, 1.807) is 22.4 Å². The Bertz CT molecular complexity index is 1020. The van der Waals surface area contributed by atoms with Crippen LogP contribution in [-0.2, 0) is 7.05 Å². The smallest absolute Gasteiger partial charge is 0.330 e. The Morgan fingerprint density at radius 1 is 1.24 bits per heavy atom. The predicted octanol–water partition coefficient (Wildman–Crippen LogP) is 2.13. The summed E-state index contributed by atoms with van der Waals surface area (Å²) in [7, 11) is 1.76. The number of amides is 1. The van der Waals surface area contributed by atoms with Crippen molar-refractivity contribution in [1.82, 2.24) is 19.0 Å². The van der Waals surface area contributed by atoms with E-state index in [-0.39, 0.29) is 17.6 Å². The first-order valence-corrected chi connectivity index (χ1v) is 8.44. The molecule has 0 radical (unpaired) electrons. The van der Waals surface area contributed by atoms with E-state index in [0.29, 0.717) is 24.3 Å². The van der Waals surface area contributed by atoms with Gasteiger partial charge in [-0.25, -0.2) is 9.78 Å². The molecule has 1 amide bonds. The maximum absolute atomic E-state index is 12.7. The van der Waals surface area contributed by atoms with Crippen molar-refractivity contribution < 1.29 is 4.79 Å². The van der Waals surface area contributed by atoms with E-state index in [9.17, 15) is 9.59 Å². The van der Waals surface area contributed by atoms with Crippen LogP contribution in [0.25, 0.3) is 11.2 Å². The molecule has 6 heteroatoms. The fraction of sp³-hybridized carbons (Fsp3) is 0.316. The lowest BCUT2D eigenvalue weighted by Crippen LogP contribution is -2.31. The van der Waals surface area contributed by atoms with Gasteiger partial charge in [0.1, 0.15) is 0 Å². The van der Waals surface area contributed by atoms with E-state index in [0.717, 1.165) is 17.5 Å². The second-order valence-corrected chi connectivity index (χ2v) is 6.62. The number of hydrogen-bond acceptors (Lipinski definition) is 3. The number of aryl methyl sites for hydroxylation is 2.